The van der Waals surface area contributed by atoms with E-state index < -0.39 is 10.0 Å². The summed E-state index contributed by atoms with van der Waals surface area (Å²) < 4.78 is 32.5. The van der Waals surface area contributed by atoms with Gasteiger partial charge in [0.2, 0.25) is 10.0 Å². The van der Waals surface area contributed by atoms with Crippen LogP contribution >= 0.6 is 11.8 Å². The maximum Gasteiger partial charge on any atom is 0.240 e. The molecule has 0 aliphatic carbocycles. The third-order valence-electron chi connectivity index (χ3n) is 3.34. The summed E-state index contributed by atoms with van der Waals surface area (Å²) in [4.78, 5) is 2.55. The molecule has 1 saturated heterocycles. The number of hydrogen-bond acceptors (Lipinski definition) is 5. The third-order valence-corrected chi connectivity index (χ3v) is 5.42. The zero-order valence-corrected chi connectivity index (χ0v) is 13.9. The van der Waals surface area contributed by atoms with E-state index in [-0.39, 0.29) is 0 Å². The van der Waals surface area contributed by atoms with Crippen molar-refractivity contribution in [2.75, 3.05) is 45.6 Å². The molecule has 0 radical (unpaired) electrons. The molecule has 2 rings (SSSR count). The van der Waals surface area contributed by atoms with Crippen LogP contribution in [0, 0.1) is 0 Å². The highest BCUT2D eigenvalue weighted by Crippen LogP contribution is 2.15. The van der Waals surface area contributed by atoms with Gasteiger partial charge in [-0.25, -0.2) is 13.1 Å². The maximum atomic E-state index is 12.3. The molecular weight excluding hydrogens is 308 g/mol. The maximum absolute atomic E-state index is 12.3. The molecule has 5 nitrogen and oxygen atoms in total. The van der Waals surface area contributed by atoms with Gasteiger partial charge in [0.1, 0.15) is 0 Å². The van der Waals surface area contributed by atoms with Crippen molar-refractivity contribution in [1.29, 1.82) is 0 Å². The van der Waals surface area contributed by atoms with Gasteiger partial charge in [-0.2, -0.15) is 11.8 Å². The number of morpholine rings is 1. The monoisotopic (exact) mass is 330 g/mol. The Morgan fingerprint density at radius 1 is 1.33 bits per heavy atom. The lowest BCUT2D eigenvalue weighted by Crippen LogP contribution is -2.41. The molecule has 1 aliphatic heterocycles. The van der Waals surface area contributed by atoms with Crippen LogP contribution in [0.4, 0.5) is 0 Å². The van der Waals surface area contributed by atoms with Crippen LogP contribution in [0.25, 0.3) is 0 Å². The summed E-state index contributed by atoms with van der Waals surface area (Å²) in [6.07, 6.45) is 2.00. The van der Waals surface area contributed by atoms with E-state index in [4.69, 9.17) is 4.74 Å². The Morgan fingerprint density at radius 2 is 2.10 bits per heavy atom. The fourth-order valence-electron chi connectivity index (χ4n) is 2.22. The van der Waals surface area contributed by atoms with Crippen LogP contribution in [0.15, 0.2) is 29.2 Å². The van der Waals surface area contributed by atoms with Gasteiger partial charge in [-0.05, 0) is 24.0 Å². The van der Waals surface area contributed by atoms with Crippen molar-refractivity contribution in [1.82, 2.24) is 9.62 Å². The molecule has 1 heterocycles. The van der Waals surface area contributed by atoms with Gasteiger partial charge in [0.05, 0.1) is 18.1 Å². The van der Waals surface area contributed by atoms with E-state index in [1.165, 1.54) is 0 Å². The van der Waals surface area contributed by atoms with Gasteiger partial charge in [-0.3, -0.25) is 4.90 Å². The van der Waals surface area contributed by atoms with E-state index in [2.05, 4.69) is 9.62 Å². The van der Waals surface area contributed by atoms with E-state index >= 15 is 0 Å². The normalized spacial score (nSPS) is 17.0. The highest BCUT2D eigenvalue weighted by Gasteiger charge is 2.15. The Labute approximate surface area is 131 Å². The Bertz CT molecular complexity index is 543. The first-order valence-electron chi connectivity index (χ1n) is 6.99. The molecule has 0 unspecified atom stereocenters. The van der Waals surface area contributed by atoms with Gasteiger partial charge in [0.15, 0.2) is 0 Å². The van der Waals surface area contributed by atoms with Crippen LogP contribution in [0.1, 0.15) is 5.56 Å². The van der Waals surface area contributed by atoms with E-state index in [0.29, 0.717) is 18.0 Å². The number of nitrogens with zero attached hydrogens (tertiary/aromatic N) is 1. The van der Waals surface area contributed by atoms with Crippen LogP contribution in [0.3, 0.4) is 0 Å². The molecule has 1 N–H and O–H groups in total. The Morgan fingerprint density at radius 3 is 2.81 bits per heavy atom. The Hall–Kier alpha value is -0.600. The average Bonchev–Trinajstić information content (AvgIpc) is 2.49. The summed E-state index contributed by atoms with van der Waals surface area (Å²) in [7, 11) is -3.42. The molecule has 0 saturated carbocycles. The molecule has 0 atom stereocenters. The van der Waals surface area contributed by atoms with Gasteiger partial charge < -0.3 is 4.74 Å². The second kappa shape index (κ2) is 8.14. The largest absolute Gasteiger partial charge is 0.379 e. The summed E-state index contributed by atoms with van der Waals surface area (Å²) in [5.74, 6) is 0.817. The predicted molar refractivity (Wildman–Crippen MR) is 86.1 cm³/mol. The molecule has 1 aromatic carbocycles. The first-order chi connectivity index (χ1) is 10.1. The zero-order valence-electron chi connectivity index (χ0n) is 12.2. The van der Waals surface area contributed by atoms with Crippen molar-refractivity contribution in [3.05, 3.63) is 29.8 Å². The molecule has 1 aromatic rings. The van der Waals surface area contributed by atoms with Crippen LogP contribution in [-0.2, 0) is 20.5 Å². The molecule has 0 aromatic heterocycles. The highest BCUT2D eigenvalue weighted by molar-refractivity contribution is 7.97. The molecule has 0 spiro atoms. The van der Waals surface area contributed by atoms with Crippen molar-refractivity contribution in [3.63, 3.8) is 0 Å². The Balaban J connectivity index is 1.90. The van der Waals surface area contributed by atoms with Gasteiger partial charge in [0.25, 0.3) is 0 Å². The minimum atomic E-state index is -3.42. The molecule has 0 bridgehead atoms. The smallest absolute Gasteiger partial charge is 0.240 e. The number of benzene rings is 1. The summed E-state index contributed by atoms with van der Waals surface area (Å²) in [6.45, 7) is 4.32. The quantitative estimate of drug-likeness (QED) is 0.813. The van der Waals surface area contributed by atoms with Crippen molar-refractivity contribution in [3.8, 4) is 0 Å². The van der Waals surface area contributed by atoms with E-state index in [1.807, 2.05) is 12.3 Å². The molecule has 1 fully saturated rings. The predicted octanol–water partition coefficient (Wildman–Crippen LogP) is 1.16. The molecule has 118 valence electrons. The van der Waals surface area contributed by atoms with Gasteiger partial charge in [0, 0.05) is 31.9 Å². The van der Waals surface area contributed by atoms with E-state index in [1.54, 1.807) is 30.0 Å². The lowest BCUT2D eigenvalue weighted by atomic mass is 10.2. The van der Waals surface area contributed by atoms with Crippen LogP contribution in [0.5, 0.6) is 0 Å². The highest BCUT2D eigenvalue weighted by atomic mass is 32.2. The molecule has 0 amide bonds. The van der Waals surface area contributed by atoms with Crippen LogP contribution in [0.2, 0.25) is 0 Å². The fraction of sp³-hybridized carbons (Fsp3) is 0.571. The minimum absolute atomic E-state index is 0.344. The average molecular weight is 330 g/mol. The standard InChI is InChI=1S/C14H22N2O3S2/c1-20-12-13-3-2-4-14(11-13)21(17,18)15-5-6-16-7-9-19-10-8-16/h2-4,11,15H,5-10,12H2,1H3. The minimum Gasteiger partial charge on any atom is -0.379 e. The molecule has 1 aliphatic rings. The number of hydrogen-bond donors (Lipinski definition) is 1. The lowest BCUT2D eigenvalue weighted by Gasteiger charge is -2.26. The molecule has 7 heteroatoms. The topological polar surface area (TPSA) is 58.6 Å². The van der Waals surface area contributed by atoms with Crippen molar-refractivity contribution in [2.45, 2.75) is 10.6 Å². The van der Waals surface area contributed by atoms with E-state index in [0.717, 1.165) is 37.6 Å². The number of nitrogens with one attached hydrogen (secondary N) is 1. The van der Waals surface area contributed by atoms with Crippen molar-refractivity contribution < 1.29 is 13.2 Å². The van der Waals surface area contributed by atoms with Crippen molar-refractivity contribution >= 4 is 21.8 Å². The number of sulfonamides is 1. The summed E-state index contributed by atoms with van der Waals surface area (Å²) in [5, 5.41) is 0. The SMILES string of the molecule is CSCc1cccc(S(=O)(=O)NCCN2CCOCC2)c1. The van der Waals surface area contributed by atoms with Gasteiger partial charge in [-0.15, -0.1) is 0 Å². The first-order valence-corrected chi connectivity index (χ1v) is 9.87. The first kappa shape index (κ1) is 16.8. The number of rotatable bonds is 7. The lowest BCUT2D eigenvalue weighted by molar-refractivity contribution is 0.0390. The molecule has 21 heavy (non-hydrogen) atoms. The van der Waals surface area contributed by atoms with Gasteiger partial charge >= 0.3 is 0 Å². The summed E-state index contributed by atoms with van der Waals surface area (Å²) in [6, 6.07) is 7.12. The fourth-order valence-corrected chi connectivity index (χ4v) is 3.82. The van der Waals surface area contributed by atoms with E-state index in [9.17, 15) is 8.42 Å². The number of thioether (sulfide) groups is 1. The summed E-state index contributed by atoms with van der Waals surface area (Å²) in [5.41, 5.74) is 1.03. The third kappa shape index (κ3) is 5.27. The molecular formula is C14H22N2O3S2. The van der Waals surface area contributed by atoms with Crippen LogP contribution < -0.4 is 4.72 Å². The van der Waals surface area contributed by atoms with Crippen molar-refractivity contribution in [2.24, 2.45) is 0 Å². The van der Waals surface area contributed by atoms with Crippen LogP contribution in [-0.4, -0.2) is 59.0 Å². The second-order valence-corrected chi connectivity index (χ2v) is 7.57. The Kier molecular flexibility index (Phi) is 6.50. The number of ether oxygens (including phenoxy) is 1. The zero-order chi connectivity index (χ0) is 15.1. The van der Waals surface area contributed by atoms with Gasteiger partial charge in [-0.1, -0.05) is 12.1 Å². The second-order valence-electron chi connectivity index (χ2n) is 4.93. The summed E-state index contributed by atoms with van der Waals surface area (Å²) >= 11 is 1.68.